The van der Waals surface area contributed by atoms with Crippen LogP contribution >= 0.6 is 24.8 Å². The van der Waals surface area contributed by atoms with E-state index in [1.807, 2.05) is 6.92 Å². The molecule has 0 aliphatic carbocycles. The summed E-state index contributed by atoms with van der Waals surface area (Å²) in [5, 5.41) is 2.91. The van der Waals surface area contributed by atoms with Gasteiger partial charge < -0.3 is 16.0 Å². The minimum absolute atomic E-state index is 0. The van der Waals surface area contributed by atoms with E-state index in [2.05, 4.69) is 17.3 Å². The van der Waals surface area contributed by atoms with Crippen molar-refractivity contribution in [2.75, 3.05) is 26.7 Å². The molecule has 0 spiro atoms. The molecule has 1 amide bonds. The second-order valence-corrected chi connectivity index (χ2v) is 4.84. The molecule has 0 aromatic rings. The van der Waals surface area contributed by atoms with Gasteiger partial charge in [-0.1, -0.05) is 6.92 Å². The van der Waals surface area contributed by atoms with E-state index in [1.54, 1.807) is 0 Å². The number of nitrogens with one attached hydrogen (secondary N) is 1. The monoisotopic (exact) mass is 299 g/mol. The molecular weight excluding hydrogens is 273 g/mol. The summed E-state index contributed by atoms with van der Waals surface area (Å²) >= 11 is 0. The van der Waals surface area contributed by atoms with Gasteiger partial charge in [0.1, 0.15) is 0 Å². The Hall–Kier alpha value is -0.0300. The Balaban J connectivity index is 0. The topological polar surface area (TPSA) is 58.4 Å². The van der Waals surface area contributed by atoms with Crippen molar-refractivity contribution in [1.29, 1.82) is 0 Å². The number of hydrogen-bond acceptors (Lipinski definition) is 3. The molecule has 6 heteroatoms. The van der Waals surface area contributed by atoms with Crippen LogP contribution in [-0.2, 0) is 4.79 Å². The second-order valence-electron chi connectivity index (χ2n) is 4.84. The fraction of sp³-hybridized carbons (Fsp3) is 0.917. The molecule has 0 bridgehead atoms. The van der Waals surface area contributed by atoms with Crippen LogP contribution in [0.25, 0.3) is 0 Å². The third-order valence-corrected chi connectivity index (χ3v) is 3.47. The van der Waals surface area contributed by atoms with Gasteiger partial charge in [0.2, 0.25) is 5.91 Å². The average Bonchev–Trinajstić information content (AvgIpc) is 2.30. The zero-order valence-electron chi connectivity index (χ0n) is 11.4. The lowest BCUT2D eigenvalue weighted by Crippen LogP contribution is -2.41. The van der Waals surface area contributed by atoms with Gasteiger partial charge in [0.15, 0.2) is 0 Å². The van der Waals surface area contributed by atoms with Gasteiger partial charge in [0, 0.05) is 6.54 Å². The molecule has 1 aliphatic heterocycles. The molecule has 0 unspecified atom stereocenters. The summed E-state index contributed by atoms with van der Waals surface area (Å²) in [6.07, 6.45) is 4.31. The van der Waals surface area contributed by atoms with Crippen LogP contribution in [0.1, 0.15) is 32.6 Å². The van der Waals surface area contributed by atoms with Gasteiger partial charge in [0.25, 0.3) is 0 Å². The van der Waals surface area contributed by atoms with Crippen LogP contribution in [0, 0.1) is 5.92 Å². The number of piperidine rings is 1. The maximum atomic E-state index is 11.4. The molecule has 110 valence electrons. The number of nitrogens with two attached hydrogens (primary N) is 1. The lowest BCUT2D eigenvalue weighted by Gasteiger charge is -2.28. The van der Waals surface area contributed by atoms with Crippen LogP contribution in [0.4, 0.5) is 0 Å². The Morgan fingerprint density at radius 1 is 1.39 bits per heavy atom. The van der Waals surface area contributed by atoms with Gasteiger partial charge in [-0.3, -0.25) is 4.79 Å². The molecule has 1 heterocycles. The van der Waals surface area contributed by atoms with Crippen LogP contribution in [0.2, 0.25) is 0 Å². The third-order valence-electron chi connectivity index (χ3n) is 3.47. The fourth-order valence-corrected chi connectivity index (χ4v) is 2.07. The molecule has 0 radical (unpaired) electrons. The first kappa shape index (κ1) is 20.3. The highest BCUT2D eigenvalue weighted by Crippen LogP contribution is 2.18. The highest BCUT2D eigenvalue weighted by atomic mass is 35.5. The molecule has 1 aliphatic rings. The number of amides is 1. The quantitative estimate of drug-likeness (QED) is 0.807. The molecule has 0 saturated carbocycles. The SMILES string of the molecule is CC[C@H](N)C(=O)NCCC1CCN(C)CC1.Cl.Cl. The first-order valence-electron chi connectivity index (χ1n) is 6.35. The summed E-state index contributed by atoms with van der Waals surface area (Å²) in [7, 11) is 2.16. The van der Waals surface area contributed by atoms with Gasteiger partial charge in [-0.15, -0.1) is 24.8 Å². The van der Waals surface area contributed by atoms with Crippen LogP contribution in [-0.4, -0.2) is 43.5 Å². The highest BCUT2D eigenvalue weighted by molar-refractivity contribution is 5.85. The number of nitrogens with zero attached hydrogens (tertiary/aromatic N) is 1. The van der Waals surface area contributed by atoms with Crippen molar-refractivity contribution in [2.45, 2.75) is 38.6 Å². The van der Waals surface area contributed by atoms with E-state index in [0.29, 0.717) is 6.42 Å². The smallest absolute Gasteiger partial charge is 0.236 e. The number of rotatable bonds is 5. The first-order chi connectivity index (χ1) is 7.63. The summed E-state index contributed by atoms with van der Waals surface area (Å²) in [5.41, 5.74) is 5.64. The molecular formula is C12H27Cl2N3O. The molecule has 1 fully saturated rings. The molecule has 3 N–H and O–H groups in total. The minimum atomic E-state index is -0.336. The molecule has 0 aromatic carbocycles. The second kappa shape index (κ2) is 10.9. The summed E-state index contributed by atoms with van der Waals surface area (Å²) < 4.78 is 0. The standard InChI is InChI=1S/C12H25N3O.2ClH/c1-3-11(13)12(16)14-7-4-10-5-8-15(2)9-6-10;;/h10-11H,3-9,13H2,1-2H3,(H,14,16);2*1H/t11-;;/m0../s1. The number of hydrogen-bond donors (Lipinski definition) is 2. The zero-order valence-corrected chi connectivity index (χ0v) is 13.0. The van der Waals surface area contributed by atoms with Crippen LogP contribution < -0.4 is 11.1 Å². The molecule has 18 heavy (non-hydrogen) atoms. The van der Waals surface area contributed by atoms with E-state index < -0.39 is 0 Å². The number of carbonyl (C=O) groups excluding carboxylic acids is 1. The van der Waals surface area contributed by atoms with Crippen LogP contribution in [0.5, 0.6) is 0 Å². The van der Waals surface area contributed by atoms with Crippen molar-refractivity contribution in [3.63, 3.8) is 0 Å². The minimum Gasteiger partial charge on any atom is -0.355 e. The van der Waals surface area contributed by atoms with Gasteiger partial charge >= 0.3 is 0 Å². The maximum Gasteiger partial charge on any atom is 0.236 e. The third kappa shape index (κ3) is 7.41. The maximum absolute atomic E-state index is 11.4. The Morgan fingerprint density at radius 2 is 1.94 bits per heavy atom. The largest absolute Gasteiger partial charge is 0.355 e. The van der Waals surface area contributed by atoms with E-state index in [1.165, 1.54) is 25.9 Å². The molecule has 0 aromatic heterocycles. The first-order valence-corrected chi connectivity index (χ1v) is 6.35. The zero-order chi connectivity index (χ0) is 12.0. The number of halogens is 2. The van der Waals surface area contributed by atoms with Crippen molar-refractivity contribution < 1.29 is 4.79 Å². The molecule has 1 atom stereocenters. The number of carbonyl (C=O) groups is 1. The molecule has 1 rings (SSSR count). The predicted octanol–water partition coefficient (Wildman–Crippen LogP) is 1.42. The van der Waals surface area contributed by atoms with Crippen LogP contribution in [0.3, 0.4) is 0 Å². The van der Waals surface area contributed by atoms with Crippen LogP contribution in [0.15, 0.2) is 0 Å². The fourth-order valence-electron chi connectivity index (χ4n) is 2.07. The van der Waals surface area contributed by atoms with E-state index in [-0.39, 0.29) is 36.8 Å². The normalized spacial score (nSPS) is 18.4. The highest BCUT2D eigenvalue weighted by Gasteiger charge is 2.17. The lowest BCUT2D eigenvalue weighted by molar-refractivity contribution is -0.122. The van der Waals surface area contributed by atoms with Gasteiger partial charge in [0.05, 0.1) is 6.04 Å². The summed E-state index contributed by atoms with van der Waals surface area (Å²) in [4.78, 5) is 13.8. The average molecular weight is 300 g/mol. The van der Waals surface area contributed by atoms with E-state index in [0.717, 1.165) is 18.9 Å². The van der Waals surface area contributed by atoms with Crippen molar-refractivity contribution in [3.8, 4) is 0 Å². The van der Waals surface area contributed by atoms with Gasteiger partial charge in [-0.2, -0.15) is 0 Å². The molecule has 1 saturated heterocycles. The predicted molar refractivity (Wildman–Crippen MR) is 80.6 cm³/mol. The lowest BCUT2D eigenvalue weighted by atomic mass is 9.94. The van der Waals surface area contributed by atoms with Crippen molar-refractivity contribution in [3.05, 3.63) is 0 Å². The molecule has 4 nitrogen and oxygen atoms in total. The Kier molecular flexibility index (Phi) is 12.2. The number of likely N-dealkylation sites (tertiary alicyclic amines) is 1. The van der Waals surface area contributed by atoms with E-state index in [9.17, 15) is 4.79 Å². The van der Waals surface area contributed by atoms with E-state index in [4.69, 9.17) is 5.73 Å². The summed E-state index contributed by atoms with van der Waals surface area (Å²) in [6.45, 7) is 5.09. The van der Waals surface area contributed by atoms with E-state index >= 15 is 0 Å². The van der Waals surface area contributed by atoms with Crippen molar-refractivity contribution in [1.82, 2.24) is 10.2 Å². The van der Waals surface area contributed by atoms with Crippen molar-refractivity contribution in [2.24, 2.45) is 11.7 Å². The van der Waals surface area contributed by atoms with Gasteiger partial charge in [-0.25, -0.2) is 0 Å². The Bertz CT molecular complexity index is 221. The van der Waals surface area contributed by atoms with Gasteiger partial charge in [-0.05, 0) is 51.7 Å². The van der Waals surface area contributed by atoms with Crippen molar-refractivity contribution >= 4 is 30.7 Å². The Morgan fingerprint density at radius 3 is 2.44 bits per heavy atom. The summed E-state index contributed by atoms with van der Waals surface area (Å²) in [5.74, 6) is 0.768. The summed E-state index contributed by atoms with van der Waals surface area (Å²) in [6, 6.07) is -0.336. The Labute approximate surface area is 123 Å².